The molecule has 0 saturated heterocycles. The van der Waals surface area contributed by atoms with E-state index in [2.05, 4.69) is 5.32 Å². The Morgan fingerprint density at radius 2 is 1.82 bits per heavy atom. The van der Waals surface area contributed by atoms with Gasteiger partial charge in [-0.1, -0.05) is 31.4 Å². The van der Waals surface area contributed by atoms with Crippen LogP contribution in [0.5, 0.6) is 17.2 Å². The highest BCUT2D eigenvalue weighted by Gasteiger charge is 2.52. The quantitative estimate of drug-likeness (QED) is 0.268. The average molecular weight is 621 g/mol. The fraction of sp³-hybridized carbons (Fsp3) is 0.471. The van der Waals surface area contributed by atoms with Crippen LogP contribution in [0.25, 0.3) is 11.0 Å². The highest BCUT2D eigenvalue weighted by molar-refractivity contribution is 5.99. The second-order valence-corrected chi connectivity index (χ2v) is 12.0. The van der Waals surface area contributed by atoms with E-state index >= 15 is 0 Å². The van der Waals surface area contributed by atoms with Gasteiger partial charge in [-0.2, -0.15) is 0 Å². The molecule has 11 nitrogen and oxygen atoms in total. The molecule has 3 aromatic rings. The van der Waals surface area contributed by atoms with E-state index in [1.165, 1.54) is 14.2 Å². The summed E-state index contributed by atoms with van der Waals surface area (Å²) in [4.78, 5) is 29.7. The van der Waals surface area contributed by atoms with Crippen LogP contribution in [0, 0.1) is 5.92 Å². The molecular formula is C34H40N2O9. The average Bonchev–Trinajstić information content (AvgIpc) is 3.69. The molecule has 0 spiro atoms. The van der Waals surface area contributed by atoms with Gasteiger partial charge in [-0.3, -0.25) is 9.59 Å². The lowest BCUT2D eigenvalue weighted by Crippen LogP contribution is -2.56. The lowest BCUT2D eigenvalue weighted by molar-refractivity contribution is -0.118. The van der Waals surface area contributed by atoms with Crippen molar-refractivity contribution in [2.75, 3.05) is 33.9 Å². The van der Waals surface area contributed by atoms with Gasteiger partial charge in [0.25, 0.3) is 5.91 Å². The third-order valence-corrected chi connectivity index (χ3v) is 9.23. The number of hydrogen-bond donors (Lipinski definition) is 4. The SMILES string of the molecule is COc1cc(CO)cc2c1O[C@@H]1[C@@H](O)[C@H](N(CC3CCCCC3)C(=O)c3cc4cccc(OC)c4o3)C=C(C(=O)NCCO)[C@H]21. The first-order valence-corrected chi connectivity index (χ1v) is 15.5. The molecule has 1 fully saturated rings. The number of para-hydroxylation sites is 1. The summed E-state index contributed by atoms with van der Waals surface area (Å²) in [5.41, 5.74) is 1.91. The fourth-order valence-corrected chi connectivity index (χ4v) is 7.05. The molecule has 11 heteroatoms. The van der Waals surface area contributed by atoms with E-state index in [0.29, 0.717) is 51.5 Å². The predicted octanol–water partition coefficient (Wildman–Crippen LogP) is 3.29. The van der Waals surface area contributed by atoms with Crippen molar-refractivity contribution < 1.29 is 43.5 Å². The van der Waals surface area contributed by atoms with E-state index in [1.54, 1.807) is 35.2 Å². The molecule has 0 unspecified atom stereocenters. The largest absolute Gasteiger partial charge is 0.493 e. The molecular weight excluding hydrogens is 580 g/mol. The number of ether oxygens (including phenoxy) is 3. The van der Waals surface area contributed by atoms with Gasteiger partial charge in [0.1, 0.15) is 12.2 Å². The van der Waals surface area contributed by atoms with E-state index in [-0.39, 0.29) is 31.4 Å². The van der Waals surface area contributed by atoms with Crippen LogP contribution >= 0.6 is 0 Å². The van der Waals surface area contributed by atoms with Crippen LogP contribution in [-0.4, -0.2) is 84.2 Å². The van der Waals surface area contributed by atoms with Gasteiger partial charge in [-0.25, -0.2) is 0 Å². The Kier molecular flexibility index (Phi) is 9.02. The highest BCUT2D eigenvalue weighted by Crippen LogP contribution is 2.51. The number of fused-ring (bicyclic) bond motifs is 4. The van der Waals surface area contributed by atoms with Gasteiger partial charge in [0.2, 0.25) is 5.91 Å². The van der Waals surface area contributed by atoms with Gasteiger partial charge in [0, 0.05) is 29.6 Å². The van der Waals surface area contributed by atoms with Gasteiger partial charge in [0.05, 0.1) is 39.4 Å². The fourth-order valence-electron chi connectivity index (χ4n) is 7.05. The summed E-state index contributed by atoms with van der Waals surface area (Å²) in [5, 5.41) is 34.8. The summed E-state index contributed by atoms with van der Waals surface area (Å²) in [6.45, 7) is -0.121. The molecule has 45 heavy (non-hydrogen) atoms. The molecule has 1 saturated carbocycles. The molecule has 1 aromatic heterocycles. The minimum Gasteiger partial charge on any atom is -0.493 e. The maximum absolute atomic E-state index is 14.4. The van der Waals surface area contributed by atoms with Crippen molar-refractivity contribution in [1.29, 1.82) is 0 Å². The molecule has 1 aliphatic heterocycles. The number of carbonyl (C=O) groups excluding carboxylic acids is 2. The second kappa shape index (κ2) is 13.1. The second-order valence-electron chi connectivity index (χ2n) is 12.0. The van der Waals surface area contributed by atoms with Gasteiger partial charge < -0.3 is 44.2 Å². The van der Waals surface area contributed by atoms with Crippen molar-refractivity contribution in [3.8, 4) is 17.2 Å². The van der Waals surface area contributed by atoms with Crippen LogP contribution < -0.4 is 19.5 Å². The highest BCUT2D eigenvalue weighted by atomic mass is 16.5. The van der Waals surface area contributed by atoms with Crippen molar-refractivity contribution in [1.82, 2.24) is 10.2 Å². The van der Waals surface area contributed by atoms with Crippen molar-refractivity contribution in [3.05, 3.63) is 64.9 Å². The number of nitrogens with one attached hydrogen (secondary N) is 1. The standard InChI is InChI=1S/C34H40N2O9/c1-42-25-10-6-9-21-15-27(44-30(21)25)34(41)36(17-19-7-4-3-5-8-19)24-16-23(33(40)35-11-12-37)28-22-13-20(18-38)14-26(43-2)31(22)45-32(28)29(24)39/h6,9-10,13-16,19,24,28-29,32,37-39H,3-5,7-8,11-12,17-18H2,1-2H3,(H,35,40)/t24-,28+,29+,32+/m1/s1. The number of methoxy groups -OCH3 is 2. The Bertz CT molecular complexity index is 1590. The Morgan fingerprint density at radius 3 is 2.53 bits per heavy atom. The van der Waals surface area contributed by atoms with E-state index < -0.39 is 36.0 Å². The van der Waals surface area contributed by atoms with Gasteiger partial charge in [-0.05, 0) is 54.7 Å². The normalized spacial score (nSPS) is 22.6. The summed E-state index contributed by atoms with van der Waals surface area (Å²) in [6, 6.07) is 9.57. The molecule has 3 aliphatic rings. The van der Waals surface area contributed by atoms with Gasteiger partial charge >= 0.3 is 0 Å². The molecule has 6 rings (SSSR count). The van der Waals surface area contributed by atoms with Crippen LogP contribution in [-0.2, 0) is 11.4 Å². The summed E-state index contributed by atoms with van der Waals surface area (Å²) in [5.74, 6) is -0.00209. The number of benzene rings is 2. The Hall–Kier alpha value is -4.06. The molecule has 2 aliphatic carbocycles. The van der Waals surface area contributed by atoms with Crippen molar-refractivity contribution in [2.45, 2.75) is 62.9 Å². The van der Waals surface area contributed by atoms with E-state index in [0.717, 1.165) is 32.1 Å². The van der Waals surface area contributed by atoms with Crippen LogP contribution in [0.15, 0.2) is 52.5 Å². The van der Waals surface area contributed by atoms with Crippen LogP contribution in [0.3, 0.4) is 0 Å². The summed E-state index contributed by atoms with van der Waals surface area (Å²) >= 11 is 0. The number of aliphatic hydroxyl groups excluding tert-OH is 3. The first kappa shape index (κ1) is 30.9. The molecule has 4 N–H and O–H groups in total. The third kappa shape index (κ3) is 5.76. The number of amides is 2. The Labute approximate surface area is 261 Å². The molecule has 2 aromatic carbocycles. The zero-order valence-electron chi connectivity index (χ0n) is 25.5. The smallest absolute Gasteiger partial charge is 0.290 e. The molecule has 2 heterocycles. The first-order chi connectivity index (χ1) is 21.9. The number of carbonyl (C=O) groups is 2. The Morgan fingerprint density at radius 1 is 1.04 bits per heavy atom. The predicted molar refractivity (Wildman–Crippen MR) is 164 cm³/mol. The summed E-state index contributed by atoms with van der Waals surface area (Å²) in [6.07, 6.45) is 4.66. The van der Waals surface area contributed by atoms with Crippen LogP contribution in [0.1, 0.15) is 59.7 Å². The number of rotatable bonds is 10. The zero-order valence-corrected chi connectivity index (χ0v) is 25.5. The molecule has 240 valence electrons. The number of aliphatic hydroxyl groups is 3. The van der Waals surface area contributed by atoms with E-state index in [1.807, 2.05) is 12.1 Å². The minimum absolute atomic E-state index is 0.0278. The monoisotopic (exact) mass is 620 g/mol. The van der Waals surface area contributed by atoms with Gasteiger partial charge in [0.15, 0.2) is 28.6 Å². The summed E-state index contributed by atoms with van der Waals surface area (Å²) in [7, 11) is 3.02. The number of furan rings is 1. The van der Waals surface area contributed by atoms with Crippen molar-refractivity contribution in [3.63, 3.8) is 0 Å². The molecule has 4 atom stereocenters. The lowest BCUT2D eigenvalue weighted by Gasteiger charge is -2.42. The van der Waals surface area contributed by atoms with E-state index in [9.17, 15) is 24.9 Å². The summed E-state index contributed by atoms with van der Waals surface area (Å²) < 4.78 is 23.4. The molecule has 0 radical (unpaired) electrons. The first-order valence-electron chi connectivity index (χ1n) is 15.5. The maximum atomic E-state index is 14.4. The van der Waals surface area contributed by atoms with Crippen molar-refractivity contribution >= 4 is 22.8 Å². The number of hydrogen-bond acceptors (Lipinski definition) is 9. The molecule has 2 amide bonds. The van der Waals surface area contributed by atoms with Crippen molar-refractivity contribution in [2.24, 2.45) is 5.92 Å². The lowest BCUT2D eigenvalue weighted by atomic mass is 9.76. The van der Waals surface area contributed by atoms with Crippen LogP contribution in [0.2, 0.25) is 0 Å². The van der Waals surface area contributed by atoms with Crippen LogP contribution in [0.4, 0.5) is 0 Å². The number of nitrogens with zero attached hydrogens (tertiary/aromatic N) is 1. The molecule has 0 bridgehead atoms. The third-order valence-electron chi connectivity index (χ3n) is 9.23. The van der Waals surface area contributed by atoms with Gasteiger partial charge in [-0.15, -0.1) is 0 Å². The topological polar surface area (TPSA) is 151 Å². The maximum Gasteiger partial charge on any atom is 0.290 e. The Balaban J connectivity index is 1.45. The van der Waals surface area contributed by atoms with E-state index in [4.69, 9.17) is 18.6 Å². The zero-order chi connectivity index (χ0) is 31.7. The minimum atomic E-state index is -1.22.